The highest BCUT2D eigenvalue weighted by Crippen LogP contribution is 2.13. The van der Waals surface area contributed by atoms with Gasteiger partial charge in [-0.1, -0.05) is 43.3 Å². The van der Waals surface area contributed by atoms with Crippen LogP contribution >= 0.6 is 22.6 Å². The van der Waals surface area contributed by atoms with Crippen LogP contribution in [0.4, 0.5) is 0 Å². The Bertz CT molecular complexity index is 647. The molecule has 0 unspecified atom stereocenters. The van der Waals surface area contributed by atoms with Gasteiger partial charge in [-0.3, -0.25) is 4.79 Å². The number of rotatable bonds is 5. The maximum absolute atomic E-state index is 12.0. The summed E-state index contributed by atoms with van der Waals surface area (Å²) in [7, 11) is 0. The topological polar surface area (TPSA) is 43.4 Å². The zero-order valence-electron chi connectivity index (χ0n) is 11.6. The number of hydrogen-bond donors (Lipinski definition) is 0. The summed E-state index contributed by atoms with van der Waals surface area (Å²) in [5.41, 5.74) is 2.21. The van der Waals surface area contributed by atoms with Crippen LogP contribution in [0.15, 0.2) is 48.5 Å². The van der Waals surface area contributed by atoms with Gasteiger partial charge in [0.2, 0.25) is 0 Å². The molecule has 0 aliphatic heterocycles. The van der Waals surface area contributed by atoms with E-state index in [1.54, 1.807) is 24.3 Å². The second kappa shape index (κ2) is 7.36. The van der Waals surface area contributed by atoms with Crippen LogP contribution in [0.5, 0.6) is 0 Å². The van der Waals surface area contributed by atoms with Crippen molar-refractivity contribution >= 4 is 34.3 Å². The quantitative estimate of drug-likeness (QED) is 0.439. The molecule has 0 amide bonds. The Morgan fingerprint density at radius 1 is 1.05 bits per heavy atom. The summed E-state index contributed by atoms with van der Waals surface area (Å²) < 4.78 is 5.89. The number of aryl methyl sites for hydroxylation is 1. The molecule has 2 aromatic carbocycles. The summed E-state index contributed by atoms with van der Waals surface area (Å²) in [5, 5.41) is 0. The third-order valence-electron chi connectivity index (χ3n) is 3.11. The highest BCUT2D eigenvalue weighted by Gasteiger charge is 2.13. The molecule has 0 bridgehead atoms. The Morgan fingerprint density at radius 3 is 2.33 bits per heavy atom. The van der Waals surface area contributed by atoms with Gasteiger partial charge in [-0.2, -0.15) is 0 Å². The van der Waals surface area contributed by atoms with E-state index in [1.807, 2.05) is 24.3 Å². The normalized spacial score (nSPS) is 10.2. The van der Waals surface area contributed by atoms with E-state index in [2.05, 4.69) is 29.5 Å². The Labute approximate surface area is 137 Å². The molecule has 2 aromatic rings. The molecule has 0 aromatic heterocycles. The van der Waals surface area contributed by atoms with E-state index in [4.69, 9.17) is 4.74 Å². The lowest BCUT2D eigenvalue weighted by molar-refractivity contribution is 0.0473. The van der Waals surface area contributed by atoms with Crippen LogP contribution in [0.3, 0.4) is 0 Å². The molecular formula is C17H15IO3. The molecule has 0 heterocycles. The largest absolute Gasteiger partial charge is 0.454 e. The molecular weight excluding hydrogens is 379 g/mol. The minimum atomic E-state index is -0.474. The molecule has 0 radical (unpaired) electrons. The van der Waals surface area contributed by atoms with Gasteiger partial charge < -0.3 is 4.74 Å². The molecule has 0 aliphatic rings. The molecule has 21 heavy (non-hydrogen) atoms. The molecule has 0 saturated heterocycles. The van der Waals surface area contributed by atoms with Crippen LogP contribution < -0.4 is 0 Å². The lowest BCUT2D eigenvalue weighted by Gasteiger charge is -2.06. The van der Waals surface area contributed by atoms with Gasteiger partial charge >= 0.3 is 5.97 Å². The van der Waals surface area contributed by atoms with E-state index in [1.165, 1.54) is 5.56 Å². The van der Waals surface area contributed by atoms with Crippen molar-refractivity contribution in [3.8, 4) is 0 Å². The minimum absolute atomic E-state index is 0.197. The first kappa shape index (κ1) is 15.7. The number of hydrogen-bond acceptors (Lipinski definition) is 3. The van der Waals surface area contributed by atoms with Gasteiger partial charge in [0.25, 0.3) is 0 Å². The van der Waals surface area contributed by atoms with Crippen LogP contribution in [-0.4, -0.2) is 18.4 Å². The molecule has 0 spiro atoms. The van der Waals surface area contributed by atoms with Crippen molar-refractivity contribution in [2.24, 2.45) is 0 Å². The Kier molecular flexibility index (Phi) is 5.50. The van der Waals surface area contributed by atoms with Gasteiger partial charge in [0.05, 0.1) is 5.56 Å². The zero-order chi connectivity index (χ0) is 15.2. The van der Waals surface area contributed by atoms with Gasteiger partial charge in [0.1, 0.15) is 0 Å². The number of ketones is 1. The van der Waals surface area contributed by atoms with Gasteiger partial charge in [0, 0.05) is 9.13 Å². The first-order valence-electron chi connectivity index (χ1n) is 6.65. The monoisotopic (exact) mass is 394 g/mol. The fourth-order valence-corrected chi connectivity index (χ4v) is 2.45. The zero-order valence-corrected chi connectivity index (χ0v) is 13.8. The Morgan fingerprint density at radius 2 is 1.71 bits per heavy atom. The van der Waals surface area contributed by atoms with Crippen LogP contribution in [-0.2, 0) is 11.2 Å². The van der Waals surface area contributed by atoms with E-state index in [-0.39, 0.29) is 12.4 Å². The fraction of sp³-hybridized carbons (Fsp3) is 0.176. The second-order valence-corrected chi connectivity index (χ2v) is 5.69. The number of carbonyl (C=O) groups is 2. The molecule has 0 fully saturated rings. The first-order chi connectivity index (χ1) is 10.1. The number of ether oxygens (including phenoxy) is 1. The highest BCUT2D eigenvalue weighted by atomic mass is 127. The number of Topliss-reactive ketones (excluding diaryl/α,β-unsaturated/α-hetero) is 1. The third-order valence-corrected chi connectivity index (χ3v) is 4.05. The molecule has 0 saturated carbocycles. The number of benzene rings is 2. The van der Waals surface area contributed by atoms with Gasteiger partial charge in [-0.15, -0.1) is 0 Å². The molecule has 0 N–H and O–H groups in total. The third kappa shape index (κ3) is 4.14. The number of esters is 1. The maximum atomic E-state index is 12.0. The van der Waals surface area contributed by atoms with E-state index in [0.29, 0.717) is 11.1 Å². The molecule has 3 nitrogen and oxygen atoms in total. The summed E-state index contributed by atoms with van der Waals surface area (Å²) >= 11 is 2.07. The van der Waals surface area contributed by atoms with E-state index >= 15 is 0 Å². The summed E-state index contributed by atoms with van der Waals surface area (Å²) in [6, 6.07) is 14.5. The summed E-state index contributed by atoms with van der Waals surface area (Å²) in [6.07, 6.45) is 0.926. The summed E-state index contributed by atoms with van der Waals surface area (Å²) in [4.78, 5) is 23.9. The molecule has 0 atom stereocenters. The van der Waals surface area contributed by atoms with Crippen molar-refractivity contribution < 1.29 is 14.3 Å². The Hall–Kier alpha value is -1.69. The molecule has 108 valence electrons. The SMILES string of the molecule is CCc1ccc(C(=O)COC(=O)c2ccccc2I)cc1. The molecule has 0 aliphatic carbocycles. The average molecular weight is 394 g/mol. The first-order valence-corrected chi connectivity index (χ1v) is 7.73. The fourth-order valence-electron chi connectivity index (χ4n) is 1.85. The molecule has 2 rings (SSSR count). The van der Waals surface area contributed by atoms with Crippen molar-refractivity contribution in [1.29, 1.82) is 0 Å². The van der Waals surface area contributed by atoms with Gasteiger partial charge in [-0.05, 0) is 46.7 Å². The summed E-state index contributed by atoms with van der Waals surface area (Å²) in [6.45, 7) is 1.81. The average Bonchev–Trinajstić information content (AvgIpc) is 2.52. The van der Waals surface area contributed by atoms with Crippen LogP contribution in [0, 0.1) is 3.57 Å². The van der Waals surface area contributed by atoms with Crippen LogP contribution in [0.25, 0.3) is 0 Å². The van der Waals surface area contributed by atoms with Crippen molar-refractivity contribution in [2.75, 3.05) is 6.61 Å². The smallest absolute Gasteiger partial charge is 0.339 e. The minimum Gasteiger partial charge on any atom is -0.454 e. The van der Waals surface area contributed by atoms with Crippen molar-refractivity contribution in [2.45, 2.75) is 13.3 Å². The Balaban J connectivity index is 1.97. The van der Waals surface area contributed by atoms with Crippen LogP contribution in [0.1, 0.15) is 33.2 Å². The predicted molar refractivity (Wildman–Crippen MR) is 89.6 cm³/mol. The molecule has 4 heteroatoms. The maximum Gasteiger partial charge on any atom is 0.339 e. The van der Waals surface area contributed by atoms with Crippen LogP contribution in [0.2, 0.25) is 0 Å². The summed E-state index contributed by atoms with van der Waals surface area (Å²) in [5.74, 6) is -0.671. The van der Waals surface area contributed by atoms with E-state index < -0.39 is 5.97 Å². The van der Waals surface area contributed by atoms with Gasteiger partial charge in [0.15, 0.2) is 12.4 Å². The van der Waals surface area contributed by atoms with Crippen molar-refractivity contribution in [3.05, 3.63) is 68.8 Å². The predicted octanol–water partition coefficient (Wildman–Crippen LogP) is 3.89. The number of carbonyl (C=O) groups excluding carboxylic acids is 2. The lowest BCUT2D eigenvalue weighted by atomic mass is 10.1. The standard InChI is InChI=1S/C17H15IO3/c1-2-12-7-9-13(10-8-12)16(19)11-21-17(20)14-5-3-4-6-15(14)18/h3-10H,2,11H2,1H3. The van der Waals surface area contributed by atoms with E-state index in [9.17, 15) is 9.59 Å². The lowest BCUT2D eigenvalue weighted by Crippen LogP contribution is -2.15. The highest BCUT2D eigenvalue weighted by molar-refractivity contribution is 14.1. The van der Waals surface area contributed by atoms with E-state index in [0.717, 1.165) is 9.99 Å². The number of halogens is 1. The van der Waals surface area contributed by atoms with Crippen molar-refractivity contribution in [1.82, 2.24) is 0 Å². The second-order valence-electron chi connectivity index (χ2n) is 4.53. The van der Waals surface area contributed by atoms with Gasteiger partial charge in [-0.25, -0.2) is 4.79 Å². The van der Waals surface area contributed by atoms with Crippen molar-refractivity contribution in [3.63, 3.8) is 0 Å².